The quantitative estimate of drug-likeness (QED) is 0.541. The van der Waals surface area contributed by atoms with Gasteiger partial charge in [-0.05, 0) is 24.7 Å². The summed E-state index contributed by atoms with van der Waals surface area (Å²) in [6.07, 6.45) is 0.947. The highest BCUT2D eigenvalue weighted by Crippen LogP contribution is 2.20. The molecule has 0 fully saturated rings. The number of hydrogen-bond donors (Lipinski definition) is 3. The van der Waals surface area contributed by atoms with E-state index in [9.17, 15) is 9.59 Å². The first-order chi connectivity index (χ1) is 8.92. The second-order valence-corrected chi connectivity index (χ2v) is 4.98. The van der Waals surface area contributed by atoms with Crippen molar-refractivity contribution in [1.29, 1.82) is 0 Å². The molecule has 0 aliphatic carbocycles. The summed E-state index contributed by atoms with van der Waals surface area (Å²) < 4.78 is 4.93. The van der Waals surface area contributed by atoms with Gasteiger partial charge in [-0.2, -0.15) is 0 Å². The van der Waals surface area contributed by atoms with E-state index >= 15 is 0 Å². The number of ether oxygens (including phenoxy) is 1. The fourth-order valence-electron chi connectivity index (χ4n) is 1.92. The number of nitrogens with one attached hydrogen (secondary N) is 1. The molecule has 2 atom stereocenters. The van der Waals surface area contributed by atoms with Crippen molar-refractivity contribution in [3.8, 4) is 0 Å². The molecule has 0 aliphatic rings. The molecule has 0 saturated heterocycles. The molecule has 6 heteroatoms. The van der Waals surface area contributed by atoms with Gasteiger partial charge < -0.3 is 20.9 Å². The lowest BCUT2D eigenvalue weighted by Gasteiger charge is -2.21. The minimum absolute atomic E-state index is 0.148. The summed E-state index contributed by atoms with van der Waals surface area (Å²) >= 11 is 0. The molecule has 0 rings (SSSR count). The molecule has 0 aliphatic heterocycles. The molecule has 0 saturated carbocycles. The summed E-state index contributed by atoms with van der Waals surface area (Å²) in [5, 5.41) is 11.5. The van der Waals surface area contributed by atoms with Crippen molar-refractivity contribution in [2.45, 2.75) is 39.2 Å². The molecular formula is C13H26N2O4. The van der Waals surface area contributed by atoms with Crippen LogP contribution in [0.4, 0.5) is 0 Å². The monoisotopic (exact) mass is 274 g/mol. The minimum atomic E-state index is -0.780. The Hall–Kier alpha value is -1.14. The second-order valence-electron chi connectivity index (χ2n) is 4.98. The first-order valence-electron chi connectivity index (χ1n) is 6.64. The molecule has 0 radical (unpaired) electrons. The summed E-state index contributed by atoms with van der Waals surface area (Å²) in [5.74, 6) is -0.317. The van der Waals surface area contributed by atoms with Gasteiger partial charge in [0.15, 0.2) is 0 Å². The Morgan fingerprint density at radius 2 is 1.95 bits per heavy atom. The fraction of sp³-hybridized carbons (Fsp3) is 0.846. The van der Waals surface area contributed by atoms with Crippen molar-refractivity contribution < 1.29 is 19.4 Å². The van der Waals surface area contributed by atoms with Gasteiger partial charge in [-0.3, -0.25) is 9.59 Å². The zero-order chi connectivity index (χ0) is 14.8. The molecule has 0 aromatic carbocycles. The van der Waals surface area contributed by atoms with Gasteiger partial charge >= 0.3 is 5.97 Å². The van der Waals surface area contributed by atoms with Crippen molar-refractivity contribution in [3.05, 3.63) is 0 Å². The molecule has 0 aromatic rings. The van der Waals surface area contributed by atoms with E-state index < -0.39 is 12.1 Å². The highest BCUT2D eigenvalue weighted by Gasteiger charge is 2.18. The maximum atomic E-state index is 11.6. The Kier molecular flexibility index (Phi) is 9.16. The fourth-order valence-corrected chi connectivity index (χ4v) is 1.92. The van der Waals surface area contributed by atoms with Gasteiger partial charge in [-0.25, -0.2) is 0 Å². The Morgan fingerprint density at radius 1 is 1.32 bits per heavy atom. The van der Waals surface area contributed by atoms with Crippen molar-refractivity contribution in [1.82, 2.24) is 5.32 Å². The maximum Gasteiger partial charge on any atom is 0.303 e. The summed E-state index contributed by atoms with van der Waals surface area (Å²) in [4.78, 5) is 22.2. The zero-order valence-corrected chi connectivity index (χ0v) is 12.0. The first kappa shape index (κ1) is 17.9. The number of nitrogens with two attached hydrogens (primary N) is 1. The molecule has 6 nitrogen and oxygen atoms in total. The number of carboxylic acid groups (broad SMARTS) is 1. The number of methoxy groups -OCH3 is 1. The Balaban J connectivity index is 4.05. The topological polar surface area (TPSA) is 102 Å². The third-order valence-corrected chi connectivity index (χ3v) is 3.28. The van der Waals surface area contributed by atoms with Gasteiger partial charge in [0.25, 0.3) is 0 Å². The number of rotatable bonds is 10. The van der Waals surface area contributed by atoms with E-state index in [-0.39, 0.29) is 24.8 Å². The molecule has 19 heavy (non-hydrogen) atoms. The van der Waals surface area contributed by atoms with Gasteiger partial charge in [0.1, 0.15) is 6.10 Å². The van der Waals surface area contributed by atoms with Gasteiger partial charge in [0, 0.05) is 26.6 Å². The van der Waals surface area contributed by atoms with Crippen LogP contribution in [-0.4, -0.2) is 43.3 Å². The third-order valence-electron chi connectivity index (χ3n) is 3.28. The van der Waals surface area contributed by atoms with Crippen LogP contribution in [0.5, 0.6) is 0 Å². The van der Waals surface area contributed by atoms with Crippen LogP contribution in [0.25, 0.3) is 0 Å². The number of carbonyl (C=O) groups excluding carboxylic acids is 1. The van der Waals surface area contributed by atoms with E-state index in [1.807, 2.05) is 0 Å². The number of carbonyl (C=O) groups is 2. The molecular weight excluding hydrogens is 248 g/mol. The molecule has 2 unspecified atom stereocenters. The molecule has 0 bridgehead atoms. The minimum Gasteiger partial charge on any atom is -0.481 e. The third kappa shape index (κ3) is 7.79. The second kappa shape index (κ2) is 9.75. The van der Waals surface area contributed by atoms with Crippen LogP contribution < -0.4 is 11.1 Å². The van der Waals surface area contributed by atoms with Crippen LogP contribution >= 0.6 is 0 Å². The highest BCUT2D eigenvalue weighted by molar-refractivity contribution is 5.80. The summed E-state index contributed by atoms with van der Waals surface area (Å²) in [5.41, 5.74) is 5.39. The van der Waals surface area contributed by atoms with Crippen LogP contribution in [-0.2, 0) is 14.3 Å². The predicted octanol–water partition coefficient (Wildman–Crippen LogP) is 0.603. The maximum absolute atomic E-state index is 11.6. The Morgan fingerprint density at radius 3 is 2.37 bits per heavy atom. The number of amides is 1. The van der Waals surface area contributed by atoms with E-state index in [2.05, 4.69) is 19.2 Å². The van der Waals surface area contributed by atoms with Gasteiger partial charge in [0.05, 0.1) is 0 Å². The van der Waals surface area contributed by atoms with Crippen molar-refractivity contribution >= 4 is 11.9 Å². The van der Waals surface area contributed by atoms with Crippen LogP contribution in [0.15, 0.2) is 0 Å². The lowest BCUT2D eigenvalue weighted by molar-refractivity contribution is -0.137. The smallest absolute Gasteiger partial charge is 0.303 e. The summed E-state index contributed by atoms with van der Waals surface area (Å²) in [7, 11) is 1.45. The highest BCUT2D eigenvalue weighted by atomic mass is 16.5. The van der Waals surface area contributed by atoms with Gasteiger partial charge in [-0.15, -0.1) is 0 Å². The number of hydrogen-bond acceptors (Lipinski definition) is 4. The Bertz CT molecular complexity index is 278. The van der Waals surface area contributed by atoms with E-state index in [4.69, 9.17) is 15.6 Å². The van der Waals surface area contributed by atoms with E-state index in [0.717, 1.165) is 6.42 Å². The molecule has 1 amide bonds. The van der Waals surface area contributed by atoms with Crippen LogP contribution in [0.3, 0.4) is 0 Å². The van der Waals surface area contributed by atoms with Gasteiger partial charge in [-0.1, -0.05) is 13.8 Å². The van der Waals surface area contributed by atoms with E-state index in [0.29, 0.717) is 18.9 Å². The predicted molar refractivity (Wildman–Crippen MR) is 72.7 cm³/mol. The molecule has 0 spiro atoms. The average molecular weight is 274 g/mol. The lowest BCUT2D eigenvalue weighted by Crippen LogP contribution is -2.41. The Labute approximate surface area is 114 Å². The molecule has 0 aromatic heterocycles. The van der Waals surface area contributed by atoms with E-state index in [1.165, 1.54) is 7.11 Å². The SMILES string of the molecule is COC(CN)C(=O)NCCC(CCC(=O)O)C(C)C. The molecule has 112 valence electrons. The first-order valence-corrected chi connectivity index (χ1v) is 6.64. The van der Waals surface area contributed by atoms with Crippen LogP contribution in [0.2, 0.25) is 0 Å². The average Bonchev–Trinajstić information content (AvgIpc) is 2.34. The van der Waals surface area contributed by atoms with Crippen molar-refractivity contribution in [2.75, 3.05) is 20.2 Å². The summed E-state index contributed by atoms with van der Waals surface area (Å²) in [6.45, 7) is 4.79. The lowest BCUT2D eigenvalue weighted by atomic mass is 9.88. The van der Waals surface area contributed by atoms with Crippen LogP contribution in [0, 0.1) is 11.8 Å². The molecule has 0 heterocycles. The van der Waals surface area contributed by atoms with E-state index in [1.54, 1.807) is 0 Å². The largest absolute Gasteiger partial charge is 0.481 e. The number of carboxylic acids is 1. The summed E-state index contributed by atoms with van der Waals surface area (Å²) in [6, 6.07) is 0. The van der Waals surface area contributed by atoms with Crippen molar-refractivity contribution in [2.24, 2.45) is 17.6 Å². The van der Waals surface area contributed by atoms with Crippen LogP contribution in [0.1, 0.15) is 33.1 Å². The van der Waals surface area contributed by atoms with Crippen molar-refractivity contribution in [3.63, 3.8) is 0 Å². The normalized spacial score (nSPS) is 14.2. The van der Waals surface area contributed by atoms with Gasteiger partial charge in [0.2, 0.25) is 5.91 Å². The number of aliphatic carboxylic acids is 1. The standard InChI is InChI=1S/C13H26N2O4/c1-9(2)10(4-5-12(16)17)6-7-15-13(18)11(8-14)19-3/h9-11H,4-8,14H2,1-3H3,(H,15,18)(H,16,17). The molecule has 4 N–H and O–H groups in total. The zero-order valence-electron chi connectivity index (χ0n) is 12.0.